The van der Waals surface area contributed by atoms with Crippen molar-refractivity contribution >= 4 is 17.8 Å². The van der Waals surface area contributed by atoms with Gasteiger partial charge in [-0.25, -0.2) is 4.39 Å². The van der Waals surface area contributed by atoms with E-state index in [1.807, 2.05) is 30.3 Å². The Labute approximate surface area is 143 Å². The molecule has 0 saturated heterocycles. The minimum absolute atomic E-state index is 0.0677. The molecule has 6 heteroatoms. The van der Waals surface area contributed by atoms with Crippen molar-refractivity contribution in [3.8, 4) is 0 Å². The molecule has 24 heavy (non-hydrogen) atoms. The molecule has 0 radical (unpaired) electrons. The van der Waals surface area contributed by atoms with Crippen LogP contribution in [0.25, 0.3) is 0 Å². The molecule has 4 nitrogen and oxygen atoms in total. The average molecular weight is 345 g/mol. The van der Waals surface area contributed by atoms with Gasteiger partial charge in [0.25, 0.3) is 0 Å². The van der Waals surface area contributed by atoms with Crippen LogP contribution in [0, 0.1) is 12.7 Å². The van der Waals surface area contributed by atoms with E-state index in [2.05, 4.69) is 0 Å². The Morgan fingerprint density at radius 1 is 1.21 bits per heavy atom. The van der Waals surface area contributed by atoms with E-state index in [0.29, 0.717) is 11.3 Å². The molecule has 0 bridgehead atoms. The van der Waals surface area contributed by atoms with Crippen LogP contribution in [0.3, 0.4) is 0 Å². The van der Waals surface area contributed by atoms with E-state index in [4.69, 9.17) is 14.7 Å². The van der Waals surface area contributed by atoms with Gasteiger partial charge in [0.15, 0.2) is 6.10 Å². The zero-order valence-electron chi connectivity index (χ0n) is 13.0. The number of carbonyl (C=O) groups excluding carboxylic acids is 1. The van der Waals surface area contributed by atoms with Gasteiger partial charge < -0.3 is 14.7 Å². The lowest BCUT2D eigenvalue weighted by molar-refractivity contribution is -0.123. The summed E-state index contributed by atoms with van der Waals surface area (Å²) in [6, 6.07) is 14.5. The largest absolute Gasteiger partial charge is 0.460 e. The Hall–Kier alpha value is -2.47. The van der Waals surface area contributed by atoms with Crippen LogP contribution in [0.15, 0.2) is 60.2 Å². The Morgan fingerprint density at radius 3 is 2.71 bits per heavy atom. The lowest BCUT2D eigenvalue weighted by Crippen LogP contribution is -2.12. The topological polar surface area (TPSA) is 61.6 Å². The number of halogens is 1. The second-order valence-corrected chi connectivity index (χ2v) is 6.06. The minimum atomic E-state index is -1.10. The number of Topliss-reactive ketones (excluding diaryl/α,β-unsaturated/α-hetero) is 1. The van der Waals surface area contributed by atoms with Crippen LogP contribution >= 0.6 is 12.0 Å². The van der Waals surface area contributed by atoms with Gasteiger partial charge in [-0.3, -0.25) is 4.79 Å². The second kappa shape index (κ2) is 6.97. The standard InChI is InChI=1S/C18H16FNO3S/c1-11-6-5-9-13(14(11)19)16-15(21)17(18(20)22-16)23-24-10-12-7-3-2-4-8-12/h2-9,16H,10,20H2,1H3. The van der Waals surface area contributed by atoms with Gasteiger partial charge in [0.05, 0.1) is 17.8 Å². The SMILES string of the molecule is Cc1cccc(C2OC(N)=C(OSCc3ccccc3)C2=O)c1F. The monoisotopic (exact) mass is 345 g/mol. The van der Waals surface area contributed by atoms with Crippen LogP contribution in [-0.4, -0.2) is 5.78 Å². The highest BCUT2D eigenvalue weighted by molar-refractivity contribution is 7.94. The molecule has 0 fully saturated rings. The number of ketones is 1. The number of ether oxygens (including phenoxy) is 1. The minimum Gasteiger partial charge on any atom is -0.460 e. The van der Waals surface area contributed by atoms with E-state index >= 15 is 0 Å². The molecular formula is C18H16FNO3S. The van der Waals surface area contributed by atoms with Crippen molar-refractivity contribution in [3.05, 3.63) is 82.7 Å². The van der Waals surface area contributed by atoms with Crippen LogP contribution in [0.5, 0.6) is 0 Å². The van der Waals surface area contributed by atoms with Gasteiger partial charge in [0.2, 0.25) is 17.4 Å². The quantitative estimate of drug-likeness (QED) is 0.836. The summed E-state index contributed by atoms with van der Waals surface area (Å²) in [5, 5.41) is 0. The Morgan fingerprint density at radius 2 is 1.96 bits per heavy atom. The molecule has 0 spiro atoms. The van der Waals surface area contributed by atoms with Gasteiger partial charge in [-0.1, -0.05) is 48.5 Å². The molecule has 0 amide bonds. The predicted octanol–water partition coefficient (Wildman–Crippen LogP) is 3.77. The average Bonchev–Trinajstić information content (AvgIpc) is 2.86. The molecule has 2 aromatic carbocycles. The number of benzene rings is 2. The van der Waals surface area contributed by atoms with E-state index in [9.17, 15) is 9.18 Å². The molecule has 1 aliphatic heterocycles. The van der Waals surface area contributed by atoms with Crippen molar-refractivity contribution in [1.82, 2.24) is 0 Å². The third-order valence-corrected chi connectivity index (χ3v) is 4.38. The number of nitrogens with two attached hydrogens (primary N) is 1. The van der Waals surface area contributed by atoms with Crippen molar-refractivity contribution in [2.24, 2.45) is 5.73 Å². The highest BCUT2D eigenvalue weighted by Crippen LogP contribution is 2.35. The van der Waals surface area contributed by atoms with Crippen molar-refractivity contribution in [2.75, 3.05) is 0 Å². The van der Waals surface area contributed by atoms with Crippen molar-refractivity contribution < 1.29 is 18.1 Å². The predicted molar refractivity (Wildman–Crippen MR) is 90.0 cm³/mol. The summed E-state index contributed by atoms with van der Waals surface area (Å²) >= 11 is 1.08. The summed E-state index contributed by atoms with van der Waals surface area (Å²) < 4.78 is 25.0. The third kappa shape index (κ3) is 3.23. The Balaban J connectivity index is 1.68. The van der Waals surface area contributed by atoms with E-state index < -0.39 is 17.7 Å². The molecule has 1 atom stereocenters. The molecular weight excluding hydrogens is 329 g/mol. The highest BCUT2D eigenvalue weighted by Gasteiger charge is 2.39. The zero-order valence-corrected chi connectivity index (χ0v) is 13.8. The van der Waals surface area contributed by atoms with E-state index in [1.165, 1.54) is 6.07 Å². The van der Waals surface area contributed by atoms with Crippen molar-refractivity contribution in [1.29, 1.82) is 0 Å². The molecule has 3 rings (SSSR count). The highest BCUT2D eigenvalue weighted by atomic mass is 32.2. The number of hydrogen-bond donors (Lipinski definition) is 1. The summed E-state index contributed by atoms with van der Waals surface area (Å²) in [6.07, 6.45) is -1.10. The van der Waals surface area contributed by atoms with Crippen molar-refractivity contribution in [2.45, 2.75) is 18.8 Å². The summed E-state index contributed by atoms with van der Waals surface area (Å²) in [5.41, 5.74) is 7.39. The van der Waals surface area contributed by atoms with Crippen LogP contribution in [0.2, 0.25) is 0 Å². The van der Waals surface area contributed by atoms with Crippen LogP contribution in [0.1, 0.15) is 22.8 Å². The number of aryl methyl sites for hydroxylation is 1. The molecule has 1 heterocycles. The van der Waals surface area contributed by atoms with Crippen LogP contribution in [0.4, 0.5) is 4.39 Å². The van der Waals surface area contributed by atoms with E-state index in [1.54, 1.807) is 19.1 Å². The Kier molecular flexibility index (Phi) is 4.76. The maximum absolute atomic E-state index is 14.2. The first-order valence-electron chi connectivity index (χ1n) is 7.37. The molecule has 0 aromatic heterocycles. The van der Waals surface area contributed by atoms with E-state index in [0.717, 1.165) is 17.6 Å². The molecule has 0 saturated carbocycles. The van der Waals surface area contributed by atoms with Crippen molar-refractivity contribution in [3.63, 3.8) is 0 Å². The Bertz CT molecular complexity index is 792. The van der Waals surface area contributed by atoms with Crippen LogP contribution in [-0.2, 0) is 19.5 Å². The maximum atomic E-state index is 14.2. The first kappa shape index (κ1) is 16.4. The van der Waals surface area contributed by atoms with Gasteiger partial charge >= 0.3 is 0 Å². The molecule has 1 aliphatic rings. The summed E-state index contributed by atoms with van der Waals surface area (Å²) in [6.45, 7) is 1.63. The molecule has 1 unspecified atom stereocenters. The molecule has 2 N–H and O–H groups in total. The van der Waals surface area contributed by atoms with Crippen LogP contribution < -0.4 is 5.73 Å². The molecule has 2 aromatic rings. The number of rotatable bonds is 5. The fourth-order valence-corrected chi connectivity index (χ4v) is 3.03. The lowest BCUT2D eigenvalue weighted by Gasteiger charge is -2.12. The smallest absolute Gasteiger partial charge is 0.249 e. The lowest BCUT2D eigenvalue weighted by atomic mass is 10.0. The fraction of sp³-hybridized carbons (Fsp3) is 0.167. The summed E-state index contributed by atoms with van der Waals surface area (Å²) in [7, 11) is 0. The number of carbonyl (C=O) groups is 1. The van der Waals surface area contributed by atoms with Gasteiger partial charge in [-0.15, -0.1) is 0 Å². The normalized spacial score (nSPS) is 17.1. The van der Waals surface area contributed by atoms with Gasteiger partial charge in [-0.05, 0) is 18.1 Å². The second-order valence-electron chi connectivity index (χ2n) is 5.36. The van der Waals surface area contributed by atoms with Gasteiger partial charge in [0.1, 0.15) is 5.82 Å². The molecule has 124 valence electrons. The van der Waals surface area contributed by atoms with E-state index in [-0.39, 0.29) is 17.2 Å². The summed E-state index contributed by atoms with van der Waals surface area (Å²) in [5.74, 6) is -0.582. The first-order valence-corrected chi connectivity index (χ1v) is 8.28. The first-order chi connectivity index (χ1) is 11.6. The summed E-state index contributed by atoms with van der Waals surface area (Å²) in [4.78, 5) is 12.5. The van der Waals surface area contributed by atoms with Gasteiger partial charge in [0, 0.05) is 5.56 Å². The maximum Gasteiger partial charge on any atom is 0.249 e. The molecule has 0 aliphatic carbocycles. The zero-order chi connectivity index (χ0) is 17.1. The fourth-order valence-electron chi connectivity index (χ4n) is 2.36. The number of hydrogen-bond acceptors (Lipinski definition) is 5. The third-order valence-electron chi connectivity index (χ3n) is 3.65. The van der Waals surface area contributed by atoms with Gasteiger partial charge in [-0.2, -0.15) is 0 Å².